The molecule has 0 bridgehead atoms. The first kappa shape index (κ1) is 16.1. The van der Waals surface area contributed by atoms with Gasteiger partial charge >= 0.3 is 0 Å². The molecule has 0 atom stereocenters. The average molecular weight is 284 g/mol. The van der Waals surface area contributed by atoms with Crippen LogP contribution in [0.5, 0.6) is 0 Å². The van der Waals surface area contributed by atoms with Crippen LogP contribution in [0.25, 0.3) is 0 Å². The van der Waals surface area contributed by atoms with E-state index >= 15 is 0 Å². The zero-order chi connectivity index (χ0) is 14.8. The van der Waals surface area contributed by atoms with Crippen LogP contribution in [0, 0.1) is 13.8 Å². The minimum absolute atomic E-state index is 0.370. The van der Waals surface area contributed by atoms with Gasteiger partial charge < -0.3 is 5.32 Å². The molecular weight excluding hydrogens is 260 g/mol. The summed E-state index contributed by atoms with van der Waals surface area (Å²) in [6.45, 7) is 8.67. The number of rotatable bonds is 5. The molecule has 0 spiro atoms. The smallest absolute Gasteiger partial charge is 0.242 e. The van der Waals surface area contributed by atoms with E-state index in [4.69, 9.17) is 0 Å². The van der Waals surface area contributed by atoms with E-state index in [2.05, 4.69) is 19.2 Å². The third kappa shape index (κ3) is 3.78. The summed E-state index contributed by atoms with van der Waals surface area (Å²) in [5.41, 5.74) is 2.93. The number of aryl methyl sites for hydroxylation is 2. The number of hydrogen-bond donors (Lipinski definition) is 1. The largest absolute Gasteiger partial charge is 0.310 e. The van der Waals surface area contributed by atoms with Gasteiger partial charge in [-0.2, -0.15) is 0 Å². The van der Waals surface area contributed by atoms with E-state index in [-0.39, 0.29) is 0 Å². The first-order valence-corrected chi connectivity index (χ1v) is 7.86. The summed E-state index contributed by atoms with van der Waals surface area (Å²) in [7, 11) is -0.267. The van der Waals surface area contributed by atoms with Gasteiger partial charge in [0, 0.05) is 26.7 Å². The van der Waals surface area contributed by atoms with E-state index in [1.807, 2.05) is 19.9 Å². The zero-order valence-corrected chi connectivity index (χ0v) is 13.4. The van der Waals surface area contributed by atoms with E-state index in [0.717, 1.165) is 16.7 Å². The second-order valence-corrected chi connectivity index (χ2v) is 7.49. The van der Waals surface area contributed by atoms with Crippen LogP contribution < -0.4 is 5.32 Å². The summed E-state index contributed by atoms with van der Waals surface area (Å²) in [5.74, 6) is 0. The Balaban J connectivity index is 3.24. The van der Waals surface area contributed by atoms with Crippen molar-refractivity contribution in [3.05, 3.63) is 28.8 Å². The van der Waals surface area contributed by atoms with E-state index in [1.165, 1.54) is 4.31 Å². The van der Waals surface area contributed by atoms with Crippen LogP contribution in [0.2, 0.25) is 0 Å². The molecule has 1 aromatic rings. The summed E-state index contributed by atoms with van der Waals surface area (Å²) in [4.78, 5) is 0.392. The Kier molecular flexibility index (Phi) is 5.12. The van der Waals surface area contributed by atoms with Crippen LogP contribution in [-0.2, 0) is 16.6 Å². The molecule has 0 aromatic heterocycles. The van der Waals surface area contributed by atoms with Gasteiger partial charge in [0.2, 0.25) is 10.0 Å². The predicted molar refractivity (Wildman–Crippen MR) is 78.8 cm³/mol. The third-order valence-electron chi connectivity index (χ3n) is 3.09. The van der Waals surface area contributed by atoms with Crippen LogP contribution in [0.1, 0.15) is 30.5 Å². The van der Waals surface area contributed by atoms with E-state index in [1.54, 1.807) is 20.2 Å². The first-order valence-electron chi connectivity index (χ1n) is 6.42. The highest BCUT2D eigenvalue weighted by atomic mass is 32.2. The molecular formula is C14H24N2O2S. The Morgan fingerprint density at radius 3 is 2.21 bits per heavy atom. The molecule has 5 heteroatoms. The van der Waals surface area contributed by atoms with Gasteiger partial charge in [-0.15, -0.1) is 0 Å². The fourth-order valence-corrected chi connectivity index (χ4v) is 3.00. The molecule has 108 valence electrons. The second kappa shape index (κ2) is 6.03. The molecule has 4 nitrogen and oxygen atoms in total. The van der Waals surface area contributed by atoms with Gasteiger partial charge in [0.15, 0.2) is 0 Å². The summed E-state index contributed by atoms with van der Waals surface area (Å²) < 4.78 is 25.8. The Morgan fingerprint density at radius 2 is 1.74 bits per heavy atom. The number of nitrogens with zero attached hydrogens (tertiary/aromatic N) is 1. The zero-order valence-electron chi connectivity index (χ0n) is 12.6. The molecule has 0 amide bonds. The van der Waals surface area contributed by atoms with Crippen molar-refractivity contribution in [2.75, 3.05) is 14.1 Å². The van der Waals surface area contributed by atoms with Crippen LogP contribution in [-0.4, -0.2) is 32.9 Å². The van der Waals surface area contributed by atoms with Gasteiger partial charge in [0.1, 0.15) is 0 Å². The van der Waals surface area contributed by atoms with Crippen molar-refractivity contribution in [2.24, 2.45) is 0 Å². The molecule has 1 aromatic carbocycles. The predicted octanol–water partition coefficient (Wildman–Crippen LogP) is 2.05. The number of nitrogens with one attached hydrogen (secondary N) is 1. The molecule has 0 aliphatic rings. The fraction of sp³-hybridized carbons (Fsp3) is 0.571. The van der Waals surface area contributed by atoms with Crippen molar-refractivity contribution in [2.45, 2.75) is 45.2 Å². The van der Waals surface area contributed by atoms with Gasteiger partial charge in [-0.25, -0.2) is 12.7 Å². The molecule has 0 aliphatic carbocycles. The molecule has 0 saturated heterocycles. The molecule has 0 unspecified atom stereocenters. The molecule has 0 aliphatic heterocycles. The summed E-state index contributed by atoms with van der Waals surface area (Å²) >= 11 is 0. The highest BCUT2D eigenvalue weighted by molar-refractivity contribution is 7.89. The Labute approximate surface area is 116 Å². The van der Waals surface area contributed by atoms with E-state index in [9.17, 15) is 8.42 Å². The maximum absolute atomic E-state index is 12.3. The lowest BCUT2D eigenvalue weighted by Gasteiger charge is -2.17. The van der Waals surface area contributed by atoms with Gasteiger partial charge in [0.05, 0.1) is 4.90 Å². The maximum atomic E-state index is 12.3. The standard InChI is InChI=1S/C14H24N2O2S/c1-10(2)15-9-13-8-14(12(4)7-11(13)3)19(17,18)16(5)6/h7-8,10,15H,9H2,1-6H3. The highest BCUT2D eigenvalue weighted by Gasteiger charge is 2.20. The third-order valence-corrected chi connectivity index (χ3v) is 5.05. The Hall–Kier alpha value is -0.910. The van der Waals surface area contributed by atoms with Crippen LogP contribution in [0.4, 0.5) is 0 Å². The van der Waals surface area contributed by atoms with Crippen molar-refractivity contribution >= 4 is 10.0 Å². The lowest BCUT2D eigenvalue weighted by Crippen LogP contribution is -2.25. The minimum atomic E-state index is -3.38. The van der Waals surface area contributed by atoms with Gasteiger partial charge in [-0.1, -0.05) is 19.9 Å². The van der Waals surface area contributed by atoms with E-state index in [0.29, 0.717) is 17.5 Å². The van der Waals surface area contributed by atoms with Gasteiger partial charge in [-0.3, -0.25) is 0 Å². The minimum Gasteiger partial charge on any atom is -0.310 e. The summed E-state index contributed by atoms with van der Waals surface area (Å²) in [6.07, 6.45) is 0. The lowest BCUT2D eigenvalue weighted by molar-refractivity contribution is 0.519. The highest BCUT2D eigenvalue weighted by Crippen LogP contribution is 2.22. The van der Waals surface area contributed by atoms with Crippen molar-refractivity contribution in [3.63, 3.8) is 0 Å². The van der Waals surface area contributed by atoms with Crippen LogP contribution >= 0.6 is 0 Å². The normalized spacial score (nSPS) is 12.4. The number of benzene rings is 1. The Morgan fingerprint density at radius 1 is 1.16 bits per heavy atom. The number of sulfonamides is 1. The summed E-state index contributed by atoms with van der Waals surface area (Å²) in [6, 6.07) is 4.10. The molecule has 0 fully saturated rings. The van der Waals surface area contributed by atoms with Crippen molar-refractivity contribution < 1.29 is 8.42 Å². The first-order chi connectivity index (χ1) is 8.66. The van der Waals surface area contributed by atoms with Gasteiger partial charge in [-0.05, 0) is 36.6 Å². The second-order valence-electron chi connectivity index (χ2n) is 5.37. The van der Waals surface area contributed by atoms with Gasteiger partial charge in [0.25, 0.3) is 0 Å². The van der Waals surface area contributed by atoms with Crippen molar-refractivity contribution in [1.82, 2.24) is 9.62 Å². The molecule has 0 radical (unpaired) electrons. The topological polar surface area (TPSA) is 49.4 Å². The maximum Gasteiger partial charge on any atom is 0.242 e. The molecule has 19 heavy (non-hydrogen) atoms. The molecule has 0 saturated carbocycles. The summed E-state index contributed by atoms with van der Waals surface area (Å²) in [5, 5.41) is 3.32. The Bertz CT molecular complexity index is 549. The monoisotopic (exact) mass is 284 g/mol. The van der Waals surface area contributed by atoms with Crippen molar-refractivity contribution in [1.29, 1.82) is 0 Å². The molecule has 1 rings (SSSR count). The molecule has 0 heterocycles. The SMILES string of the molecule is Cc1cc(C)c(S(=O)(=O)N(C)C)cc1CNC(C)C. The average Bonchev–Trinajstić information content (AvgIpc) is 2.26. The molecule has 1 N–H and O–H groups in total. The van der Waals surface area contributed by atoms with E-state index < -0.39 is 10.0 Å². The quantitative estimate of drug-likeness (QED) is 0.900. The van der Waals surface area contributed by atoms with Crippen LogP contribution in [0.3, 0.4) is 0 Å². The van der Waals surface area contributed by atoms with Crippen molar-refractivity contribution in [3.8, 4) is 0 Å². The van der Waals surface area contributed by atoms with Crippen LogP contribution in [0.15, 0.2) is 17.0 Å². The number of hydrogen-bond acceptors (Lipinski definition) is 3. The lowest BCUT2D eigenvalue weighted by atomic mass is 10.1. The fourth-order valence-electron chi connectivity index (χ4n) is 1.85.